The second kappa shape index (κ2) is 51.5. The lowest BCUT2D eigenvalue weighted by Gasteiger charge is -2.24. The first-order valence-corrected chi connectivity index (χ1v) is 27.5. The number of carbonyl (C=O) groups is 2. The van der Waals surface area contributed by atoms with Crippen LogP contribution in [-0.4, -0.2) is 46.9 Å². The largest absolute Gasteiger partial charge is 0.462 e. The van der Waals surface area contributed by atoms with Gasteiger partial charge in [-0.05, 0) is 77.0 Å². The van der Waals surface area contributed by atoms with Gasteiger partial charge in [-0.3, -0.25) is 9.59 Å². The third-order valence-corrected chi connectivity index (χ3v) is 12.4. The number of hydrogen-bond acceptors (Lipinski definition) is 5. The van der Waals surface area contributed by atoms with Crippen LogP contribution in [0.25, 0.3) is 0 Å². The minimum atomic E-state index is -0.800. The predicted molar refractivity (Wildman–Crippen MR) is 278 cm³/mol. The number of aliphatic hydroxyl groups excluding tert-OH is 2. The number of amides is 1. The molecule has 3 atom stereocenters. The molecule has 0 rings (SSSR count). The van der Waals surface area contributed by atoms with E-state index in [2.05, 4.69) is 80.8 Å². The highest BCUT2D eigenvalue weighted by Crippen LogP contribution is 2.18. The lowest BCUT2D eigenvalue weighted by molar-refractivity contribution is -0.151. The highest BCUT2D eigenvalue weighted by molar-refractivity contribution is 5.77. The molecular formula is C58H105NO5. The van der Waals surface area contributed by atoms with Gasteiger partial charge in [0.15, 0.2) is 0 Å². The molecule has 0 aliphatic carbocycles. The highest BCUT2D eigenvalue weighted by Gasteiger charge is 2.24. The Morgan fingerprint density at radius 2 is 0.906 bits per heavy atom. The first-order valence-electron chi connectivity index (χ1n) is 27.5. The molecule has 64 heavy (non-hydrogen) atoms. The maximum Gasteiger partial charge on any atom is 0.306 e. The summed E-state index contributed by atoms with van der Waals surface area (Å²) in [6, 6.07) is -0.716. The van der Waals surface area contributed by atoms with Gasteiger partial charge in [-0.2, -0.15) is 0 Å². The average Bonchev–Trinajstić information content (AvgIpc) is 3.29. The Morgan fingerprint density at radius 1 is 0.484 bits per heavy atom. The van der Waals surface area contributed by atoms with Crippen LogP contribution in [0.5, 0.6) is 0 Å². The zero-order chi connectivity index (χ0) is 46.7. The third-order valence-electron chi connectivity index (χ3n) is 12.4. The van der Waals surface area contributed by atoms with Crippen LogP contribution in [0, 0.1) is 0 Å². The van der Waals surface area contributed by atoms with Crippen molar-refractivity contribution in [2.24, 2.45) is 0 Å². The molecule has 0 radical (unpaired) electrons. The summed E-state index contributed by atoms with van der Waals surface area (Å²) >= 11 is 0. The van der Waals surface area contributed by atoms with Crippen molar-refractivity contribution in [3.63, 3.8) is 0 Å². The van der Waals surface area contributed by atoms with Crippen LogP contribution in [0.1, 0.15) is 271 Å². The van der Waals surface area contributed by atoms with Crippen LogP contribution in [0.3, 0.4) is 0 Å². The van der Waals surface area contributed by atoms with Gasteiger partial charge in [0.1, 0.15) is 6.10 Å². The number of carbonyl (C=O) groups excluding carboxylic acids is 2. The summed E-state index contributed by atoms with van der Waals surface area (Å²) in [5.74, 6) is -0.514. The molecule has 6 heteroatoms. The van der Waals surface area contributed by atoms with E-state index in [9.17, 15) is 19.8 Å². The Kier molecular flexibility index (Phi) is 49.6. The summed E-state index contributed by atoms with van der Waals surface area (Å²) < 4.78 is 5.92. The van der Waals surface area contributed by atoms with Gasteiger partial charge in [0, 0.05) is 6.42 Å². The molecule has 0 aromatic carbocycles. The molecule has 1 amide bonds. The minimum Gasteiger partial charge on any atom is -0.462 e. The van der Waals surface area contributed by atoms with Crippen molar-refractivity contribution in [1.82, 2.24) is 5.32 Å². The second-order valence-electron chi connectivity index (χ2n) is 18.7. The number of nitrogens with one attached hydrogen (secondary N) is 1. The molecule has 0 spiro atoms. The fraction of sp³-hybridized carbons (Fsp3) is 0.793. The zero-order valence-electron chi connectivity index (χ0n) is 42.4. The number of esters is 1. The Hall–Kier alpha value is -2.44. The molecule has 372 valence electrons. The topological polar surface area (TPSA) is 95.9 Å². The van der Waals surface area contributed by atoms with Gasteiger partial charge in [0.05, 0.1) is 25.2 Å². The van der Waals surface area contributed by atoms with Gasteiger partial charge in [0.2, 0.25) is 5.91 Å². The SMILES string of the molecule is CC/C=C/C=C/C=C\CCCCCC(CC(=O)NC(CO)C(O)CCCCCCCCCCCCCCCCCCC)OC(=O)CCCCCCCCC/C=C\C/C=C\CCCCC. The van der Waals surface area contributed by atoms with Crippen LogP contribution in [-0.2, 0) is 14.3 Å². The highest BCUT2D eigenvalue weighted by atomic mass is 16.5. The fourth-order valence-corrected chi connectivity index (χ4v) is 8.23. The molecule has 0 aromatic rings. The van der Waals surface area contributed by atoms with E-state index in [1.54, 1.807) is 0 Å². The van der Waals surface area contributed by atoms with E-state index in [1.165, 1.54) is 141 Å². The Morgan fingerprint density at radius 3 is 1.44 bits per heavy atom. The smallest absolute Gasteiger partial charge is 0.306 e. The average molecular weight is 896 g/mol. The number of aliphatic hydroxyl groups is 2. The Balaban J connectivity index is 4.50. The molecule has 0 aliphatic heterocycles. The standard InChI is InChI=1S/C58H105NO5/c1-4-7-10-13-16-19-22-24-26-28-30-32-35-38-41-44-47-50-56(61)55(53-60)59-57(62)52-54(49-46-43-40-37-34-21-18-15-12-9-6-3)64-58(63)51-48-45-42-39-36-33-31-29-27-25-23-20-17-14-11-8-5-2/h9,12,15,17-18,20-21,25,27,34,54-56,60-61H,4-8,10-11,13-14,16,19,22-24,26,28-33,35-53H2,1-3H3,(H,59,62)/b12-9+,18-15+,20-17-,27-25-,34-21-. The maximum atomic E-state index is 13.2. The molecule has 0 bridgehead atoms. The quantitative estimate of drug-likeness (QED) is 0.0245. The van der Waals surface area contributed by atoms with Crippen LogP contribution in [0.4, 0.5) is 0 Å². The number of unbranched alkanes of at least 4 members (excludes halogenated alkanes) is 29. The van der Waals surface area contributed by atoms with Gasteiger partial charge < -0.3 is 20.3 Å². The molecule has 6 nitrogen and oxygen atoms in total. The van der Waals surface area contributed by atoms with E-state index in [4.69, 9.17) is 4.74 Å². The Bertz CT molecular complexity index is 1140. The van der Waals surface area contributed by atoms with Gasteiger partial charge in [-0.1, -0.05) is 242 Å². The summed E-state index contributed by atoms with van der Waals surface area (Å²) in [6.45, 7) is 6.33. The van der Waals surface area contributed by atoms with E-state index in [0.717, 1.165) is 83.5 Å². The number of ether oxygens (including phenoxy) is 1. The zero-order valence-corrected chi connectivity index (χ0v) is 42.4. The summed E-state index contributed by atoms with van der Waals surface area (Å²) in [4.78, 5) is 26.2. The summed E-state index contributed by atoms with van der Waals surface area (Å²) in [7, 11) is 0. The first-order chi connectivity index (χ1) is 31.5. The summed E-state index contributed by atoms with van der Waals surface area (Å²) in [5.41, 5.74) is 0. The third kappa shape index (κ3) is 46.1. The van der Waals surface area contributed by atoms with E-state index in [1.807, 2.05) is 6.08 Å². The van der Waals surface area contributed by atoms with E-state index in [-0.39, 0.29) is 24.9 Å². The maximum absolute atomic E-state index is 13.2. The molecule has 3 N–H and O–H groups in total. The summed E-state index contributed by atoms with van der Waals surface area (Å²) in [6.07, 6.45) is 64.3. The lowest BCUT2D eigenvalue weighted by atomic mass is 10.0. The minimum absolute atomic E-state index is 0.0506. The van der Waals surface area contributed by atoms with Crippen molar-refractivity contribution in [3.8, 4) is 0 Å². The monoisotopic (exact) mass is 896 g/mol. The molecule has 0 heterocycles. The molecule has 0 saturated heterocycles. The second-order valence-corrected chi connectivity index (χ2v) is 18.7. The first kappa shape index (κ1) is 61.6. The fourth-order valence-electron chi connectivity index (χ4n) is 8.23. The molecule has 0 aliphatic rings. The van der Waals surface area contributed by atoms with Crippen molar-refractivity contribution < 1.29 is 24.5 Å². The van der Waals surface area contributed by atoms with E-state index >= 15 is 0 Å². The van der Waals surface area contributed by atoms with Crippen molar-refractivity contribution in [2.75, 3.05) is 6.61 Å². The molecule has 0 aromatic heterocycles. The van der Waals surface area contributed by atoms with E-state index in [0.29, 0.717) is 19.3 Å². The van der Waals surface area contributed by atoms with Crippen LogP contribution in [0.15, 0.2) is 60.8 Å². The van der Waals surface area contributed by atoms with Crippen molar-refractivity contribution in [1.29, 1.82) is 0 Å². The summed E-state index contributed by atoms with van der Waals surface area (Å²) in [5, 5.41) is 23.8. The molecule has 0 saturated carbocycles. The lowest BCUT2D eigenvalue weighted by Crippen LogP contribution is -2.46. The Labute approximate surface area is 397 Å². The molecular weight excluding hydrogens is 791 g/mol. The number of rotatable bonds is 49. The molecule has 0 fully saturated rings. The van der Waals surface area contributed by atoms with Gasteiger partial charge in [0.25, 0.3) is 0 Å². The van der Waals surface area contributed by atoms with Crippen molar-refractivity contribution in [3.05, 3.63) is 60.8 Å². The number of allylic oxidation sites excluding steroid dienone is 10. The van der Waals surface area contributed by atoms with Crippen LogP contribution >= 0.6 is 0 Å². The van der Waals surface area contributed by atoms with Gasteiger partial charge >= 0.3 is 5.97 Å². The van der Waals surface area contributed by atoms with Crippen molar-refractivity contribution in [2.45, 2.75) is 289 Å². The predicted octanol–water partition coefficient (Wildman–Crippen LogP) is 16.8. The number of hydrogen-bond donors (Lipinski definition) is 3. The normalized spacial score (nSPS) is 13.6. The van der Waals surface area contributed by atoms with Gasteiger partial charge in [-0.25, -0.2) is 0 Å². The van der Waals surface area contributed by atoms with Crippen molar-refractivity contribution >= 4 is 11.9 Å². The molecule has 3 unspecified atom stereocenters. The van der Waals surface area contributed by atoms with Crippen LogP contribution in [0.2, 0.25) is 0 Å². The van der Waals surface area contributed by atoms with Gasteiger partial charge in [-0.15, -0.1) is 0 Å². The van der Waals surface area contributed by atoms with Crippen LogP contribution < -0.4 is 5.32 Å². The van der Waals surface area contributed by atoms with E-state index < -0.39 is 18.2 Å².